The molecule has 0 aromatic carbocycles. The van der Waals surface area contributed by atoms with Crippen LogP contribution in [0.25, 0.3) is 0 Å². The number of carboxylic acid groups (broad SMARTS) is 1. The highest BCUT2D eigenvalue weighted by Crippen LogP contribution is 2.06. The standard InChI is InChI=1S/C11H24N2O5S/c1-5-18-8-10(9(2)3)12-19(16,17)13(4)7-6-11(14)15/h9-10,12H,5-8H2,1-4H3,(H,14,15). The van der Waals surface area contributed by atoms with Gasteiger partial charge in [0.15, 0.2) is 0 Å². The Hall–Kier alpha value is -0.700. The number of rotatable bonds is 10. The molecule has 0 spiro atoms. The zero-order valence-corrected chi connectivity index (χ0v) is 12.7. The maximum atomic E-state index is 12.0. The summed E-state index contributed by atoms with van der Waals surface area (Å²) in [5.74, 6) is -0.953. The molecule has 0 aromatic heterocycles. The van der Waals surface area contributed by atoms with Crippen molar-refractivity contribution in [1.29, 1.82) is 0 Å². The van der Waals surface area contributed by atoms with E-state index >= 15 is 0 Å². The average molecular weight is 296 g/mol. The summed E-state index contributed by atoms with van der Waals surface area (Å²) in [5, 5.41) is 8.55. The van der Waals surface area contributed by atoms with Crippen LogP contribution in [0.4, 0.5) is 0 Å². The molecular formula is C11H24N2O5S. The van der Waals surface area contributed by atoms with Gasteiger partial charge >= 0.3 is 5.97 Å². The minimum Gasteiger partial charge on any atom is -0.481 e. The minimum absolute atomic E-state index is 0.0654. The van der Waals surface area contributed by atoms with Crippen molar-refractivity contribution in [3.63, 3.8) is 0 Å². The quantitative estimate of drug-likeness (QED) is 0.604. The fourth-order valence-electron chi connectivity index (χ4n) is 1.26. The van der Waals surface area contributed by atoms with Gasteiger partial charge in [0.2, 0.25) is 0 Å². The summed E-state index contributed by atoms with van der Waals surface area (Å²) < 4.78 is 32.7. The minimum atomic E-state index is -3.69. The van der Waals surface area contributed by atoms with Crippen LogP contribution in [0.15, 0.2) is 0 Å². The third-order valence-electron chi connectivity index (χ3n) is 2.66. The van der Waals surface area contributed by atoms with Gasteiger partial charge in [-0.2, -0.15) is 17.4 Å². The van der Waals surface area contributed by atoms with Crippen molar-refractivity contribution in [2.24, 2.45) is 5.92 Å². The number of carboxylic acids is 1. The Morgan fingerprint density at radius 1 is 1.42 bits per heavy atom. The number of aliphatic carboxylic acids is 1. The summed E-state index contributed by atoms with van der Waals surface area (Å²) in [6, 6.07) is -0.336. The molecule has 2 N–H and O–H groups in total. The van der Waals surface area contributed by atoms with Gasteiger partial charge < -0.3 is 9.84 Å². The zero-order chi connectivity index (χ0) is 15.1. The van der Waals surface area contributed by atoms with Gasteiger partial charge in [-0.25, -0.2) is 0 Å². The van der Waals surface area contributed by atoms with Crippen LogP contribution < -0.4 is 4.72 Å². The molecule has 0 heterocycles. The van der Waals surface area contributed by atoms with Gasteiger partial charge in [-0.1, -0.05) is 13.8 Å². The molecule has 0 amide bonds. The first-order chi connectivity index (χ1) is 8.70. The van der Waals surface area contributed by atoms with Gasteiger partial charge in [0, 0.05) is 26.2 Å². The molecule has 0 bridgehead atoms. The van der Waals surface area contributed by atoms with Crippen LogP contribution in [0.1, 0.15) is 27.2 Å². The van der Waals surface area contributed by atoms with Crippen molar-refractivity contribution in [3.8, 4) is 0 Å². The van der Waals surface area contributed by atoms with Crippen molar-refractivity contribution in [1.82, 2.24) is 9.03 Å². The van der Waals surface area contributed by atoms with Gasteiger partial charge in [-0.05, 0) is 12.8 Å². The molecular weight excluding hydrogens is 272 g/mol. The molecule has 1 unspecified atom stereocenters. The lowest BCUT2D eigenvalue weighted by Gasteiger charge is -2.25. The normalized spacial score (nSPS) is 14.0. The highest BCUT2D eigenvalue weighted by atomic mass is 32.2. The number of hydrogen-bond donors (Lipinski definition) is 2. The molecule has 19 heavy (non-hydrogen) atoms. The summed E-state index contributed by atoms with van der Waals surface area (Å²) in [7, 11) is -2.34. The Balaban J connectivity index is 4.56. The van der Waals surface area contributed by atoms with Crippen LogP contribution in [0.3, 0.4) is 0 Å². The van der Waals surface area contributed by atoms with E-state index in [9.17, 15) is 13.2 Å². The largest absolute Gasteiger partial charge is 0.481 e. The first-order valence-corrected chi connectivity index (χ1v) is 7.67. The molecule has 0 saturated heterocycles. The maximum Gasteiger partial charge on any atom is 0.304 e. The summed E-state index contributed by atoms with van der Waals surface area (Å²) >= 11 is 0. The molecule has 0 saturated carbocycles. The third kappa shape index (κ3) is 7.46. The Labute approximate surface area is 115 Å². The summed E-state index contributed by atoms with van der Waals surface area (Å²) in [5.41, 5.74) is 0. The zero-order valence-electron chi connectivity index (χ0n) is 11.9. The van der Waals surface area contributed by atoms with E-state index < -0.39 is 16.2 Å². The van der Waals surface area contributed by atoms with E-state index in [1.165, 1.54) is 7.05 Å². The lowest BCUT2D eigenvalue weighted by molar-refractivity contribution is -0.137. The molecule has 0 rings (SSSR count). The van der Waals surface area contributed by atoms with Gasteiger partial charge in [0.25, 0.3) is 10.2 Å². The van der Waals surface area contributed by atoms with Crippen molar-refractivity contribution in [2.45, 2.75) is 33.2 Å². The molecule has 0 radical (unpaired) electrons. The second-order valence-corrected chi connectivity index (χ2v) is 6.41. The molecule has 1 atom stereocenters. The lowest BCUT2D eigenvalue weighted by atomic mass is 10.1. The van der Waals surface area contributed by atoms with Crippen LogP contribution in [0, 0.1) is 5.92 Å². The average Bonchev–Trinajstić information content (AvgIpc) is 2.30. The first kappa shape index (κ1) is 18.3. The van der Waals surface area contributed by atoms with E-state index in [-0.39, 0.29) is 24.9 Å². The van der Waals surface area contributed by atoms with Crippen molar-refractivity contribution in [2.75, 3.05) is 26.8 Å². The predicted octanol–water partition coefficient (Wildman–Crippen LogP) is 0.288. The second kappa shape index (κ2) is 8.47. The highest BCUT2D eigenvalue weighted by Gasteiger charge is 2.24. The fraction of sp³-hybridized carbons (Fsp3) is 0.909. The van der Waals surface area contributed by atoms with E-state index in [1.54, 1.807) is 0 Å². The van der Waals surface area contributed by atoms with E-state index in [0.717, 1.165) is 4.31 Å². The van der Waals surface area contributed by atoms with Gasteiger partial charge in [0.05, 0.1) is 13.0 Å². The predicted molar refractivity (Wildman–Crippen MR) is 72.1 cm³/mol. The number of nitrogens with one attached hydrogen (secondary N) is 1. The van der Waals surface area contributed by atoms with Crippen LogP contribution in [-0.4, -0.2) is 56.6 Å². The summed E-state index contributed by atoms with van der Waals surface area (Å²) in [6.07, 6.45) is -0.227. The van der Waals surface area contributed by atoms with Gasteiger partial charge in [-0.3, -0.25) is 4.79 Å². The molecule has 0 aliphatic rings. The Morgan fingerprint density at radius 2 is 2.00 bits per heavy atom. The van der Waals surface area contributed by atoms with Crippen LogP contribution >= 0.6 is 0 Å². The topological polar surface area (TPSA) is 95.9 Å². The van der Waals surface area contributed by atoms with Gasteiger partial charge in [0.1, 0.15) is 0 Å². The number of nitrogens with zero attached hydrogens (tertiary/aromatic N) is 1. The second-order valence-electron chi connectivity index (χ2n) is 4.60. The first-order valence-electron chi connectivity index (χ1n) is 6.23. The molecule has 7 nitrogen and oxygen atoms in total. The fourth-order valence-corrected chi connectivity index (χ4v) is 2.50. The van der Waals surface area contributed by atoms with Crippen molar-refractivity contribution < 1.29 is 23.1 Å². The monoisotopic (exact) mass is 296 g/mol. The van der Waals surface area contributed by atoms with E-state index in [2.05, 4.69) is 4.72 Å². The maximum absolute atomic E-state index is 12.0. The summed E-state index contributed by atoms with van der Waals surface area (Å²) in [6.45, 7) is 6.36. The molecule has 0 fully saturated rings. The van der Waals surface area contributed by atoms with Gasteiger partial charge in [-0.15, -0.1) is 0 Å². The molecule has 0 aliphatic carbocycles. The van der Waals surface area contributed by atoms with E-state index in [0.29, 0.717) is 13.2 Å². The Morgan fingerprint density at radius 3 is 2.42 bits per heavy atom. The Bertz CT molecular complexity index is 369. The smallest absolute Gasteiger partial charge is 0.304 e. The number of ether oxygens (including phenoxy) is 1. The van der Waals surface area contributed by atoms with Crippen LogP contribution in [-0.2, 0) is 19.7 Å². The lowest BCUT2D eigenvalue weighted by Crippen LogP contribution is -2.48. The Kier molecular flexibility index (Phi) is 8.15. The number of hydrogen-bond acceptors (Lipinski definition) is 4. The molecule has 114 valence electrons. The molecule has 0 aromatic rings. The molecule has 8 heteroatoms. The third-order valence-corrected chi connectivity index (χ3v) is 4.26. The SMILES string of the molecule is CCOCC(NS(=O)(=O)N(C)CCC(=O)O)C(C)C. The van der Waals surface area contributed by atoms with E-state index in [4.69, 9.17) is 9.84 Å². The molecule has 0 aliphatic heterocycles. The van der Waals surface area contributed by atoms with E-state index in [1.807, 2.05) is 20.8 Å². The summed E-state index contributed by atoms with van der Waals surface area (Å²) in [4.78, 5) is 10.4. The van der Waals surface area contributed by atoms with Crippen LogP contribution in [0.2, 0.25) is 0 Å². The van der Waals surface area contributed by atoms with Crippen molar-refractivity contribution >= 4 is 16.2 Å². The van der Waals surface area contributed by atoms with Crippen LogP contribution in [0.5, 0.6) is 0 Å². The highest BCUT2D eigenvalue weighted by molar-refractivity contribution is 7.87. The van der Waals surface area contributed by atoms with Crippen molar-refractivity contribution in [3.05, 3.63) is 0 Å². The number of carbonyl (C=O) groups is 1.